The number of unbranched alkanes of at least 4 members (excludes halogenated alkanes) is 2. The Hall–Kier alpha value is -1.05. The summed E-state index contributed by atoms with van der Waals surface area (Å²) in [6.45, 7) is 11.4. The van der Waals surface area contributed by atoms with Gasteiger partial charge in [-0.05, 0) is 38.5 Å². The van der Waals surface area contributed by atoms with Gasteiger partial charge in [0.1, 0.15) is 6.10 Å². The average Bonchev–Trinajstić information content (AvgIpc) is 2.31. The molecular formula is C15H26O2. The maximum atomic E-state index is 11.4. The van der Waals surface area contributed by atoms with Crippen molar-refractivity contribution in [3.8, 4) is 0 Å². The molecule has 0 aromatic rings. The molecule has 0 aliphatic rings. The third-order valence-corrected chi connectivity index (χ3v) is 2.99. The van der Waals surface area contributed by atoms with Crippen molar-refractivity contribution in [3.05, 3.63) is 25.3 Å². The van der Waals surface area contributed by atoms with Gasteiger partial charge in [0.25, 0.3) is 0 Å². The van der Waals surface area contributed by atoms with Crippen molar-refractivity contribution in [3.63, 3.8) is 0 Å². The molecule has 0 rings (SSSR count). The van der Waals surface area contributed by atoms with Crippen LogP contribution in [0.2, 0.25) is 0 Å². The van der Waals surface area contributed by atoms with Crippen molar-refractivity contribution >= 4 is 5.97 Å². The molecule has 2 nitrogen and oxygen atoms in total. The minimum Gasteiger partial charge on any atom is -0.462 e. The van der Waals surface area contributed by atoms with Crippen molar-refractivity contribution in [1.29, 1.82) is 0 Å². The molecule has 0 fully saturated rings. The van der Waals surface area contributed by atoms with Crippen LogP contribution in [0.4, 0.5) is 0 Å². The smallest absolute Gasteiger partial charge is 0.306 e. The molecule has 0 aliphatic carbocycles. The molecule has 0 heterocycles. The quantitative estimate of drug-likeness (QED) is 0.323. The number of rotatable bonds is 10. The lowest BCUT2D eigenvalue weighted by molar-refractivity contribution is -0.150. The number of ether oxygens (including phenoxy) is 1. The summed E-state index contributed by atoms with van der Waals surface area (Å²) in [5.74, 6) is 0.308. The minimum atomic E-state index is -0.115. The van der Waals surface area contributed by atoms with Crippen molar-refractivity contribution in [2.75, 3.05) is 0 Å². The fourth-order valence-electron chi connectivity index (χ4n) is 1.59. The van der Waals surface area contributed by atoms with E-state index in [0.717, 1.165) is 12.8 Å². The van der Waals surface area contributed by atoms with E-state index in [1.54, 1.807) is 6.08 Å². The summed E-state index contributed by atoms with van der Waals surface area (Å²) in [4.78, 5) is 11.4. The number of hydrogen-bond acceptors (Lipinski definition) is 2. The predicted octanol–water partition coefficient (Wildman–Crippen LogP) is 4.27. The van der Waals surface area contributed by atoms with Gasteiger partial charge in [0.15, 0.2) is 0 Å². The summed E-state index contributed by atoms with van der Waals surface area (Å²) >= 11 is 0. The van der Waals surface area contributed by atoms with Crippen LogP contribution in [0.3, 0.4) is 0 Å². The van der Waals surface area contributed by atoms with Crippen LogP contribution in [0.25, 0.3) is 0 Å². The van der Waals surface area contributed by atoms with Crippen molar-refractivity contribution in [2.45, 2.75) is 58.5 Å². The normalized spacial score (nSPS) is 13.8. The largest absolute Gasteiger partial charge is 0.462 e. The first-order chi connectivity index (χ1) is 8.11. The molecule has 0 N–H and O–H groups in total. The van der Waals surface area contributed by atoms with E-state index in [1.807, 2.05) is 13.0 Å². The van der Waals surface area contributed by atoms with Gasteiger partial charge >= 0.3 is 5.97 Å². The second-order valence-corrected chi connectivity index (χ2v) is 4.57. The highest BCUT2D eigenvalue weighted by Gasteiger charge is 2.15. The van der Waals surface area contributed by atoms with Crippen LogP contribution in [0, 0.1) is 5.92 Å². The molecule has 98 valence electrons. The van der Waals surface area contributed by atoms with E-state index in [4.69, 9.17) is 4.74 Å². The molecule has 0 spiro atoms. The first-order valence-corrected chi connectivity index (χ1v) is 6.53. The van der Waals surface area contributed by atoms with Crippen molar-refractivity contribution in [1.82, 2.24) is 0 Å². The Kier molecular flexibility index (Phi) is 9.50. The first-order valence-electron chi connectivity index (χ1n) is 6.53. The summed E-state index contributed by atoms with van der Waals surface area (Å²) in [5, 5.41) is 0. The number of allylic oxidation sites excluding steroid dienone is 2. The van der Waals surface area contributed by atoms with E-state index in [2.05, 4.69) is 20.1 Å². The van der Waals surface area contributed by atoms with Gasteiger partial charge in [0, 0.05) is 6.42 Å². The van der Waals surface area contributed by atoms with Crippen LogP contribution in [0.15, 0.2) is 25.3 Å². The zero-order valence-electron chi connectivity index (χ0n) is 11.3. The van der Waals surface area contributed by atoms with Crippen LogP contribution < -0.4 is 0 Å². The van der Waals surface area contributed by atoms with Crippen LogP contribution in [-0.4, -0.2) is 12.1 Å². The lowest BCUT2D eigenvalue weighted by atomic mass is 9.98. The minimum absolute atomic E-state index is 0.0102. The molecule has 0 unspecified atom stereocenters. The van der Waals surface area contributed by atoms with Crippen molar-refractivity contribution in [2.24, 2.45) is 5.92 Å². The Morgan fingerprint density at radius 1 is 1.18 bits per heavy atom. The summed E-state index contributed by atoms with van der Waals surface area (Å²) in [7, 11) is 0. The molecule has 0 bridgehead atoms. The average molecular weight is 238 g/mol. The topological polar surface area (TPSA) is 26.3 Å². The zero-order chi connectivity index (χ0) is 13.1. The summed E-state index contributed by atoms with van der Waals surface area (Å²) in [6, 6.07) is 0. The highest BCUT2D eigenvalue weighted by molar-refractivity contribution is 5.69. The van der Waals surface area contributed by atoms with E-state index in [9.17, 15) is 4.79 Å². The highest BCUT2D eigenvalue weighted by atomic mass is 16.5. The third-order valence-electron chi connectivity index (χ3n) is 2.99. The summed E-state index contributed by atoms with van der Waals surface area (Å²) in [5.41, 5.74) is 0. The van der Waals surface area contributed by atoms with Crippen LogP contribution in [0.5, 0.6) is 0 Å². The van der Waals surface area contributed by atoms with E-state index in [-0.39, 0.29) is 12.1 Å². The van der Waals surface area contributed by atoms with Crippen LogP contribution in [0.1, 0.15) is 52.4 Å². The number of esters is 1. The SMILES string of the molecule is C=CCCCC[C@H](C)[C@@H](C)OC(=O)CCC=C. The number of carbonyl (C=O) groups excluding carboxylic acids is 1. The Morgan fingerprint density at radius 2 is 1.82 bits per heavy atom. The molecule has 0 aromatic carbocycles. The Labute approximate surface area is 106 Å². The van der Waals surface area contributed by atoms with Gasteiger partial charge < -0.3 is 4.74 Å². The first kappa shape index (κ1) is 16.0. The molecule has 0 amide bonds. The van der Waals surface area contributed by atoms with Gasteiger partial charge in [-0.2, -0.15) is 0 Å². The lowest BCUT2D eigenvalue weighted by Gasteiger charge is -2.20. The Balaban J connectivity index is 3.71. The maximum Gasteiger partial charge on any atom is 0.306 e. The molecule has 0 aromatic heterocycles. The fourth-order valence-corrected chi connectivity index (χ4v) is 1.59. The lowest BCUT2D eigenvalue weighted by Crippen LogP contribution is -2.22. The standard InChI is InChI=1S/C15H26O2/c1-5-7-9-10-11-13(3)14(4)17-15(16)12-8-6-2/h5-6,13-14H,1-2,7-12H2,3-4H3/t13-,14+/m0/s1. The van der Waals surface area contributed by atoms with Gasteiger partial charge in [-0.1, -0.05) is 25.5 Å². The van der Waals surface area contributed by atoms with Crippen LogP contribution >= 0.6 is 0 Å². The molecule has 0 radical (unpaired) electrons. The zero-order valence-corrected chi connectivity index (χ0v) is 11.3. The molecule has 0 saturated heterocycles. The van der Waals surface area contributed by atoms with Gasteiger partial charge in [0.2, 0.25) is 0 Å². The number of hydrogen-bond donors (Lipinski definition) is 0. The van der Waals surface area contributed by atoms with Gasteiger partial charge in [-0.3, -0.25) is 4.79 Å². The van der Waals surface area contributed by atoms with Crippen molar-refractivity contribution < 1.29 is 9.53 Å². The fraction of sp³-hybridized carbons (Fsp3) is 0.667. The molecule has 2 heteroatoms. The molecule has 0 aliphatic heterocycles. The Morgan fingerprint density at radius 3 is 2.41 bits per heavy atom. The van der Waals surface area contributed by atoms with Gasteiger partial charge in [-0.15, -0.1) is 13.2 Å². The van der Waals surface area contributed by atoms with Crippen LogP contribution in [-0.2, 0) is 9.53 Å². The second kappa shape index (κ2) is 10.1. The monoisotopic (exact) mass is 238 g/mol. The van der Waals surface area contributed by atoms with E-state index < -0.39 is 0 Å². The summed E-state index contributed by atoms with van der Waals surface area (Å²) in [6.07, 6.45) is 9.34. The molecule has 2 atom stereocenters. The highest BCUT2D eigenvalue weighted by Crippen LogP contribution is 2.16. The predicted molar refractivity (Wildman–Crippen MR) is 72.8 cm³/mol. The maximum absolute atomic E-state index is 11.4. The Bertz CT molecular complexity index is 233. The van der Waals surface area contributed by atoms with E-state index in [1.165, 1.54) is 12.8 Å². The van der Waals surface area contributed by atoms with E-state index >= 15 is 0 Å². The summed E-state index contributed by atoms with van der Waals surface area (Å²) < 4.78 is 5.36. The van der Waals surface area contributed by atoms with Gasteiger partial charge in [0.05, 0.1) is 0 Å². The van der Waals surface area contributed by atoms with Gasteiger partial charge in [-0.25, -0.2) is 0 Å². The second-order valence-electron chi connectivity index (χ2n) is 4.57. The third kappa shape index (κ3) is 8.73. The number of carbonyl (C=O) groups is 1. The molecule has 17 heavy (non-hydrogen) atoms. The molecular weight excluding hydrogens is 212 g/mol. The molecule has 0 saturated carbocycles. The van der Waals surface area contributed by atoms with E-state index in [0.29, 0.717) is 18.8 Å².